The van der Waals surface area contributed by atoms with Gasteiger partial charge >= 0.3 is 0 Å². The van der Waals surface area contributed by atoms with Crippen molar-refractivity contribution in [3.63, 3.8) is 0 Å². The van der Waals surface area contributed by atoms with Gasteiger partial charge in [0.15, 0.2) is 12.1 Å². The summed E-state index contributed by atoms with van der Waals surface area (Å²) >= 11 is 0. The fourth-order valence-electron chi connectivity index (χ4n) is 6.32. The van der Waals surface area contributed by atoms with Crippen molar-refractivity contribution in [1.29, 1.82) is 0 Å². The Hall–Kier alpha value is -5.74. The van der Waals surface area contributed by atoms with Crippen LogP contribution in [0.1, 0.15) is 65.3 Å². The summed E-state index contributed by atoms with van der Waals surface area (Å²) in [7, 11) is 4.92. The van der Waals surface area contributed by atoms with Crippen LogP contribution in [0.5, 0.6) is 5.75 Å². The third-order valence-corrected chi connectivity index (χ3v) is 9.66. The summed E-state index contributed by atoms with van der Waals surface area (Å²) in [5, 5.41) is 16.6. The number of aliphatic hydroxyl groups excluding tert-OH is 1. The minimum atomic E-state index is -0.843. The summed E-state index contributed by atoms with van der Waals surface area (Å²) in [6.07, 6.45) is 11.9. The highest BCUT2D eigenvalue weighted by molar-refractivity contribution is 6.08. The molecule has 0 spiro atoms. The quantitative estimate of drug-likeness (QED) is 0.0258. The Labute approximate surface area is 357 Å². The number of pyridine rings is 1. The summed E-state index contributed by atoms with van der Waals surface area (Å²) in [5.41, 5.74) is 3.86. The van der Waals surface area contributed by atoms with E-state index in [9.17, 15) is 23.6 Å². The number of benzene rings is 2. The van der Waals surface area contributed by atoms with E-state index in [0.29, 0.717) is 82.9 Å². The van der Waals surface area contributed by atoms with E-state index in [2.05, 4.69) is 33.7 Å². The first kappa shape index (κ1) is 49.6. The lowest BCUT2D eigenvalue weighted by molar-refractivity contribution is -0.125. The molecule has 0 saturated carbocycles. The molecule has 4 aromatic rings. The van der Waals surface area contributed by atoms with Crippen molar-refractivity contribution in [2.45, 2.75) is 45.1 Å². The number of fused-ring (bicyclic) bond motifs is 3. The highest BCUT2D eigenvalue weighted by Crippen LogP contribution is 2.30. The van der Waals surface area contributed by atoms with E-state index in [1.54, 1.807) is 18.3 Å². The van der Waals surface area contributed by atoms with E-state index < -0.39 is 23.7 Å². The van der Waals surface area contributed by atoms with Crippen molar-refractivity contribution in [1.82, 2.24) is 25.1 Å². The molecule has 15 heteroatoms. The molecule has 2 aromatic carbocycles. The van der Waals surface area contributed by atoms with Crippen LogP contribution in [0.25, 0.3) is 27.4 Å². The van der Waals surface area contributed by atoms with Gasteiger partial charge in [0, 0.05) is 81.5 Å². The molecule has 3 N–H and O–H groups in total. The second-order valence-electron chi connectivity index (χ2n) is 13.8. The third-order valence-electron chi connectivity index (χ3n) is 9.66. The fourth-order valence-corrected chi connectivity index (χ4v) is 6.32. The van der Waals surface area contributed by atoms with Crippen LogP contribution in [0.3, 0.4) is 0 Å². The van der Waals surface area contributed by atoms with Crippen molar-refractivity contribution in [3.05, 3.63) is 102 Å². The number of aromatic nitrogens is 2. The zero-order valence-electron chi connectivity index (χ0n) is 35.7. The van der Waals surface area contributed by atoms with Crippen LogP contribution < -0.4 is 15.4 Å². The molecule has 14 nitrogen and oxygen atoms in total. The number of amides is 2. The van der Waals surface area contributed by atoms with Crippen LogP contribution in [-0.2, 0) is 30.8 Å². The van der Waals surface area contributed by atoms with Gasteiger partial charge in [-0.05, 0) is 60.4 Å². The Morgan fingerprint density at radius 3 is 2.34 bits per heavy atom. The van der Waals surface area contributed by atoms with E-state index in [4.69, 9.17) is 24.1 Å². The number of aliphatic hydroxyl groups is 1. The Morgan fingerprint density at radius 1 is 0.951 bits per heavy atom. The van der Waals surface area contributed by atoms with Crippen molar-refractivity contribution in [2.24, 2.45) is 7.05 Å². The first-order valence-electron chi connectivity index (χ1n) is 20.4. The van der Waals surface area contributed by atoms with Crippen molar-refractivity contribution < 1.29 is 47.6 Å². The predicted octanol–water partition coefficient (Wildman–Crippen LogP) is 6.54. The zero-order chi connectivity index (χ0) is 44.4. The molecule has 0 aliphatic carbocycles. The average molecular weight is 846 g/mol. The van der Waals surface area contributed by atoms with Gasteiger partial charge in [-0.2, -0.15) is 0 Å². The number of hydrogen-bond acceptors (Lipinski definition) is 11. The minimum absolute atomic E-state index is 0.122. The number of nitrogens with one attached hydrogen (secondary N) is 2. The lowest BCUT2D eigenvalue weighted by atomic mass is 10.0. The number of unbranched alkanes of at least 4 members (excludes halogenated alkanes) is 2. The maximum absolute atomic E-state index is 13.3. The van der Waals surface area contributed by atoms with Gasteiger partial charge in [-0.3, -0.25) is 19.4 Å². The molecular formula is C46H60FN5O9. The van der Waals surface area contributed by atoms with Crippen LogP contribution in [0.15, 0.2) is 85.7 Å². The second-order valence-corrected chi connectivity index (χ2v) is 13.8. The average Bonchev–Trinajstić information content (AvgIpc) is 3.57. The Morgan fingerprint density at radius 2 is 1.67 bits per heavy atom. The highest BCUT2D eigenvalue weighted by atomic mass is 19.1. The van der Waals surface area contributed by atoms with Gasteiger partial charge in [-0.15, -0.1) is 0 Å². The summed E-state index contributed by atoms with van der Waals surface area (Å²) in [6, 6.07) is 11.6. The molecule has 0 aliphatic rings. The molecule has 61 heavy (non-hydrogen) atoms. The minimum Gasteiger partial charge on any atom is -0.513 e. The lowest BCUT2D eigenvalue weighted by Crippen LogP contribution is -2.47. The maximum atomic E-state index is 13.3. The van der Waals surface area contributed by atoms with Crippen molar-refractivity contribution in [2.75, 3.05) is 73.4 Å². The molecule has 2 amide bonds. The number of allylic oxidation sites excluding steroid dienone is 4. The Bertz CT molecular complexity index is 2080. The van der Waals surface area contributed by atoms with Crippen LogP contribution in [0, 0.1) is 0 Å². The standard InChI is InChI=1S/C28H45N3O8.C18H15FN2O/c1-4-5-6-14-36-17-19-38-20-18-37-15-11-30-12-16-39-24-10-9-23(22-33)25(21-24)28(35)31(3)26(8-7-13-32)27(34)29-2;1-3-12(8-14(19)11-22)13-4-5-15-16-10-20-7-6-17(16)21(2)18(15)9-13/h9-10,13,21-22,26,30H,4-8,11-12,14-20H2,1-3H3,(H,29,34);3-11,22H,1H2,2H3/b;12-8+,14-11-. The van der Waals surface area contributed by atoms with Gasteiger partial charge in [0.2, 0.25) is 5.91 Å². The number of rotatable bonds is 27. The molecule has 4 rings (SSSR count). The van der Waals surface area contributed by atoms with Crippen LogP contribution in [-0.4, -0.2) is 123 Å². The number of aryl methyl sites for hydroxylation is 1. The molecular weight excluding hydrogens is 786 g/mol. The zero-order valence-corrected chi connectivity index (χ0v) is 35.7. The molecule has 2 heterocycles. The van der Waals surface area contributed by atoms with Crippen molar-refractivity contribution in [3.8, 4) is 5.75 Å². The van der Waals surface area contributed by atoms with Gasteiger partial charge in [0.1, 0.15) is 30.9 Å². The van der Waals surface area contributed by atoms with E-state index >= 15 is 0 Å². The van der Waals surface area contributed by atoms with E-state index in [1.807, 2.05) is 37.5 Å². The van der Waals surface area contributed by atoms with Crippen LogP contribution in [0.4, 0.5) is 4.39 Å². The number of carbonyl (C=O) groups excluding carboxylic acids is 4. The molecule has 0 saturated heterocycles. The topological polar surface area (TPSA) is 171 Å². The smallest absolute Gasteiger partial charge is 0.255 e. The lowest BCUT2D eigenvalue weighted by Gasteiger charge is -2.27. The number of likely N-dealkylation sites (N-methyl/N-ethyl adjacent to an activating group) is 2. The van der Waals surface area contributed by atoms with Gasteiger partial charge in [0.05, 0.1) is 44.1 Å². The number of ether oxygens (including phenoxy) is 4. The maximum Gasteiger partial charge on any atom is 0.255 e. The Kier molecular flexibility index (Phi) is 22.7. The van der Waals surface area contributed by atoms with Gasteiger partial charge in [0.25, 0.3) is 5.91 Å². The molecule has 1 unspecified atom stereocenters. The van der Waals surface area contributed by atoms with E-state index in [-0.39, 0.29) is 24.0 Å². The first-order chi connectivity index (χ1) is 29.6. The summed E-state index contributed by atoms with van der Waals surface area (Å²) in [4.78, 5) is 53.1. The molecule has 0 bridgehead atoms. The predicted molar refractivity (Wildman–Crippen MR) is 236 cm³/mol. The summed E-state index contributed by atoms with van der Waals surface area (Å²) in [6.45, 7) is 10.9. The normalized spacial score (nSPS) is 12.1. The summed E-state index contributed by atoms with van der Waals surface area (Å²) < 4.78 is 37.6. The molecule has 1 atom stereocenters. The van der Waals surface area contributed by atoms with Gasteiger partial charge in [-0.25, -0.2) is 4.39 Å². The largest absolute Gasteiger partial charge is 0.513 e. The highest BCUT2D eigenvalue weighted by Gasteiger charge is 2.28. The van der Waals surface area contributed by atoms with Gasteiger partial charge in [-0.1, -0.05) is 44.6 Å². The number of carbonyl (C=O) groups is 4. The van der Waals surface area contributed by atoms with Crippen LogP contribution in [0.2, 0.25) is 0 Å². The van der Waals surface area contributed by atoms with Crippen LogP contribution >= 0.6 is 0 Å². The van der Waals surface area contributed by atoms with E-state index in [1.165, 1.54) is 50.0 Å². The number of hydrogen-bond donors (Lipinski definition) is 3. The number of aldehydes is 2. The number of nitrogens with zero attached hydrogens (tertiary/aromatic N) is 3. The van der Waals surface area contributed by atoms with Crippen molar-refractivity contribution >= 4 is 51.8 Å². The number of halogens is 1. The summed E-state index contributed by atoms with van der Waals surface area (Å²) in [5.74, 6) is -1.19. The third kappa shape index (κ3) is 15.7. The first-order valence-corrected chi connectivity index (χ1v) is 20.4. The molecule has 0 radical (unpaired) electrons. The second kappa shape index (κ2) is 27.9. The van der Waals surface area contributed by atoms with E-state index in [0.717, 1.165) is 40.4 Å². The molecule has 330 valence electrons. The molecule has 2 aromatic heterocycles. The Balaban J connectivity index is 0.000000376. The SMILES string of the molecule is C=C/C(=C\C(F)=C\O)c1ccc2c3cnccc3n(C)c2c1.CCCCCOCCOCCOCCNCCOc1ccc(C=O)c(C(=O)N(C)C(CCC=O)C(=O)NC)c1. The fraction of sp³-hybridized carbons (Fsp3) is 0.413. The molecule has 0 aliphatic heterocycles. The molecule has 0 fully saturated rings. The monoisotopic (exact) mass is 845 g/mol. The van der Waals surface area contributed by atoms with Gasteiger partial charge < -0.3 is 48.9 Å².